The van der Waals surface area contributed by atoms with E-state index < -0.39 is 0 Å². The summed E-state index contributed by atoms with van der Waals surface area (Å²) in [6.07, 6.45) is 1.66. The third kappa shape index (κ3) is 4.72. The molecule has 1 aromatic carbocycles. The number of rotatable bonds is 5. The molecule has 0 bridgehead atoms. The second kappa shape index (κ2) is 7.34. The Balaban J connectivity index is 2.23. The van der Waals surface area contributed by atoms with Gasteiger partial charge in [-0.15, -0.1) is 0 Å². The molecule has 0 unspecified atom stereocenters. The minimum Gasteiger partial charge on any atom is -0.488 e. The number of aromatic nitrogens is 1. The summed E-state index contributed by atoms with van der Waals surface area (Å²) in [6.45, 7) is 8.63. The number of pyridine rings is 1. The Hall–Kier alpha value is -2.56. The van der Waals surface area contributed by atoms with Gasteiger partial charge in [0.05, 0.1) is 5.56 Å². The highest BCUT2D eigenvalue weighted by molar-refractivity contribution is 5.98. The van der Waals surface area contributed by atoms with E-state index in [1.807, 2.05) is 45.9 Å². The maximum absolute atomic E-state index is 11.9. The molecule has 0 saturated heterocycles. The lowest BCUT2D eigenvalue weighted by Crippen LogP contribution is -2.24. The molecule has 0 spiro atoms. The molecular formula is C19H25N3O2. The Morgan fingerprint density at radius 1 is 1.25 bits per heavy atom. The number of nitrogens with one attached hydrogen (secondary N) is 2. The van der Waals surface area contributed by atoms with Crippen molar-refractivity contribution in [3.05, 3.63) is 53.2 Å². The summed E-state index contributed by atoms with van der Waals surface area (Å²) in [7, 11) is 1.61. The Morgan fingerprint density at radius 2 is 2.00 bits per heavy atom. The Kier molecular flexibility index (Phi) is 5.44. The molecule has 0 aliphatic rings. The topological polar surface area (TPSA) is 63.2 Å². The largest absolute Gasteiger partial charge is 0.488 e. The van der Waals surface area contributed by atoms with E-state index in [-0.39, 0.29) is 11.5 Å². The number of carbonyl (C=O) groups excluding carboxylic acids is 1. The van der Waals surface area contributed by atoms with E-state index in [9.17, 15) is 4.79 Å². The highest BCUT2D eigenvalue weighted by atomic mass is 16.5. The highest BCUT2D eigenvalue weighted by Crippen LogP contribution is 2.26. The lowest BCUT2D eigenvalue weighted by atomic mass is 10.1. The molecule has 2 rings (SSSR count). The molecule has 0 radical (unpaired) electrons. The van der Waals surface area contributed by atoms with Crippen molar-refractivity contribution < 1.29 is 9.53 Å². The van der Waals surface area contributed by atoms with Crippen LogP contribution in [0.15, 0.2) is 36.5 Å². The average molecular weight is 327 g/mol. The van der Waals surface area contributed by atoms with Crippen LogP contribution < -0.4 is 15.4 Å². The molecule has 5 nitrogen and oxygen atoms in total. The summed E-state index contributed by atoms with van der Waals surface area (Å²) in [5.41, 5.74) is 2.40. The van der Waals surface area contributed by atoms with Crippen molar-refractivity contribution in [2.45, 2.75) is 39.8 Å². The number of benzene rings is 1. The molecule has 2 aromatic rings. The first-order chi connectivity index (χ1) is 11.3. The molecule has 0 saturated carbocycles. The second-order valence-corrected chi connectivity index (χ2v) is 6.66. The molecule has 1 amide bonds. The highest BCUT2D eigenvalue weighted by Gasteiger charge is 2.16. The standard InChI is InChI=1S/C19H25N3O2/c1-13-8-9-14(16(11-13)24-19(2,3)4)12-22-17-15(18(23)20-5)7-6-10-21-17/h6-11H,12H2,1-5H3,(H,20,23)(H,21,22). The van der Waals surface area contributed by atoms with Crippen LogP contribution in [0.3, 0.4) is 0 Å². The number of anilines is 1. The third-order valence-corrected chi connectivity index (χ3v) is 3.36. The predicted molar refractivity (Wildman–Crippen MR) is 96.5 cm³/mol. The lowest BCUT2D eigenvalue weighted by molar-refractivity contribution is 0.0963. The molecule has 0 aliphatic heterocycles. The molecule has 5 heteroatoms. The molecule has 0 aliphatic carbocycles. The van der Waals surface area contributed by atoms with Crippen LogP contribution in [0.4, 0.5) is 5.82 Å². The van der Waals surface area contributed by atoms with Gasteiger partial charge in [0.1, 0.15) is 17.2 Å². The van der Waals surface area contributed by atoms with Crippen molar-refractivity contribution in [1.29, 1.82) is 0 Å². The van der Waals surface area contributed by atoms with E-state index in [1.165, 1.54) is 0 Å². The molecule has 128 valence electrons. The molecule has 0 atom stereocenters. The van der Waals surface area contributed by atoms with E-state index in [4.69, 9.17) is 4.74 Å². The molecule has 24 heavy (non-hydrogen) atoms. The van der Waals surface area contributed by atoms with Crippen LogP contribution in [0.5, 0.6) is 5.75 Å². The number of aryl methyl sites for hydroxylation is 1. The van der Waals surface area contributed by atoms with Crippen molar-refractivity contribution in [3.8, 4) is 5.75 Å². The number of amides is 1. The van der Waals surface area contributed by atoms with Crippen LogP contribution in [-0.4, -0.2) is 23.5 Å². The molecular weight excluding hydrogens is 302 g/mol. The minimum atomic E-state index is -0.277. The first-order valence-electron chi connectivity index (χ1n) is 7.99. The van der Waals surface area contributed by atoms with Crippen molar-refractivity contribution in [2.75, 3.05) is 12.4 Å². The first kappa shape index (κ1) is 17.8. The summed E-state index contributed by atoms with van der Waals surface area (Å²) < 4.78 is 6.06. The zero-order chi connectivity index (χ0) is 17.7. The Bertz CT molecular complexity index is 721. The molecule has 2 N–H and O–H groups in total. The second-order valence-electron chi connectivity index (χ2n) is 6.66. The van der Waals surface area contributed by atoms with Gasteiger partial charge >= 0.3 is 0 Å². The predicted octanol–water partition coefficient (Wildman–Crippen LogP) is 3.54. The smallest absolute Gasteiger partial charge is 0.254 e. The first-order valence-corrected chi connectivity index (χ1v) is 7.99. The van der Waals surface area contributed by atoms with Gasteiger partial charge in [-0.3, -0.25) is 4.79 Å². The zero-order valence-corrected chi connectivity index (χ0v) is 14.9. The fourth-order valence-electron chi connectivity index (χ4n) is 2.28. The minimum absolute atomic E-state index is 0.166. The normalized spacial score (nSPS) is 11.0. The van der Waals surface area contributed by atoms with Gasteiger partial charge in [0.15, 0.2) is 0 Å². The van der Waals surface area contributed by atoms with Gasteiger partial charge in [0.25, 0.3) is 5.91 Å². The summed E-state index contributed by atoms with van der Waals surface area (Å²) in [5.74, 6) is 1.23. The molecule has 1 aromatic heterocycles. The van der Waals surface area contributed by atoms with Gasteiger partial charge in [-0.1, -0.05) is 12.1 Å². The molecule has 1 heterocycles. The fraction of sp³-hybridized carbons (Fsp3) is 0.368. The van der Waals surface area contributed by atoms with Gasteiger partial charge in [0.2, 0.25) is 0 Å². The van der Waals surface area contributed by atoms with Gasteiger partial charge in [-0.05, 0) is 51.5 Å². The quantitative estimate of drug-likeness (QED) is 0.882. The summed E-state index contributed by atoms with van der Waals surface area (Å²) in [5, 5.41) is 5.86. The van der Waals surface area contributed by atoms with Crippen LogP contribution in [0.25, 0.3) is 0 Å². The molecule has 0 fully saturated rings. The van der Waals surface area contributed by atoms with E-state index in [0.717, 1.165) is 16.9 Å². The van der Waals surface area contributed by atoms with E-state index >= 15 is 0 Å². The SMILES string of the molecule is CNC(=O)c1cccnc1NCc1ccc(C)cc1OC(C)(C)C. The van der Waals surface area contributed by atoms with Gasteiger partial charge < -0.3 is 15.4 Å². The summed E-state index contributed by atoms with van der Waals surface area (Å²) >= 11 is 0. The number of ether oxygens (including phenoxy) is 1. The van der Waals surface area contributed by atoms with E-state index in [0.29, 0.717) is 17.9 Å². The Labute approximate surface area is 143 Å². The van der Waals surface area contributed by atoms with Crippen LogP contribution in [0, 0.1) is 6.92 Å². The number of nitrogens with zero attached hydrogens (tertiary/aromatic N) is 1. The van der Waals surface area contributed by atoms with Crippen LogP contribution in [-0.2, 0) is 6.54 Å². The monoisotopic (exact) mass is 327 g/mol. The van der Waals surface area contributed by atoms with Crippen molar-refractivity contribution in [3.63, 3.8) is 0 Å². The van der Waals surface area contributed by atoms with Gasteiger partial charge in [-0.2, -0.15) is 0 Å². The Morgan fingerprint density at radius 3 is 2.67 bits per heavy atom. The van der Waals surface area contributed by atoms with Crippen molar-refractivity contribution in [1.82, 2.24) is 10.3 Å². The number of hydrogen-bond acceptors (Lipinski definition) is 4. The average Bonchev–Trinajstić information content (AvgIpc) is 2.52. The lowest BCUT2D eigenvalue weighted by Gasteiger charge is -2.24. The van der Waals surface area contributed by atoms with Crippen molar-refractivity contribution in [2.24, 2.45) is 0 Å². The van der Waals surface area contributed by atoms with Gasteiger partial charge in [-0.25, -0.2) is 4.98 Å². The van der Waals surface area contributed by atoms with Gasteiger partial charge in [0, 0.05) is 25.4 Å². The van der Waals surface area contributed by atoms with E-state index in [1.54, 1.807) is 25.4 Å². The zero-order valence-electron chi connectivity index (χ0n) is 14.9. The maximum atomic E-state index is 11.9. The van der Waals surface area contributed by atoms with Crippen molar-refractivity contribution >= 4 is 11.7 Å². The maximum Gasteiger partial charge on any atom is 0.254 e. The van der Waals surface area contributed by atoms with Crippen LogP contribution in [0.1, 0.15) is 42.3 Å². The van der Waals surface area contributed by atoms with Crippen LogP contribution in [0.2, 0.25) is 0 Å². The number of hydrogen-bond donors (Lipinski definition) is 2. The number of carbonyl (C=O) groups is 1. The van der Waals surface area contributed by atoms with Crippen LogP contribution >= 0.6 is 0 Å². The summed E-state index contributed by atoms with van der Waals surface area (Å²) in [4.78, 5) is 16.2. The fourth-order valence-corrected chi connectivity index (χ4v) is 2.28. The summed E-state index contributed by atoms with van der Waals surface area (Å²) in [6, 6.07) is 9.60. The van der Waals surface area contributed by atoms with E-state index in [2.05, 4.69) is 15.6 Å². The third-order valence-electron chi connectivity index (χ3n) is 3.36.